The fraction of sp³-hybridized carbons (Fsp3) is 0. The average molecular weight is 791 g/mol. The first-order valence-corrected chi connectivity index (χ1v) is 18.5. The summed E-state index contributed by atoms with van der Waals surface area (Å²) in [6.07, 6.45) is 9.46. The van der Waals surface area contributed by atoms with Crippen LogP contribution < -0.4 is 0 Å². The fourth-order valence-corrected chi connectivity index (χ4v) is 7.62. The van der Waals surface area contributed by atoms with Crippen LogP contribution in [0.5, 0.6) is 23.0 Å². The number of rotatable bonds is 8. The Hall–Kier alpha value is -8.64. The minimum Gasteiger partial charge on any atom is -0.507 e. The largest absolute Gasteiger partial charge is 0.507 e. The number of fused-ring (bicyclic) bond motifs is 8. The molecule has 9 rings (SSSR count). The molecule has 0 aliphatic carbocycles. The van der Waals surface area contributed by atoms with Gasteiger partial charge < -0.3 is 30.4 Å². The number of aromatic amines is 2. The Kier molecular flexibility index (Phi) is 9.06. The van der Waals surface area contributed by atoms with E-state index < -0.39 is 0 Å². The first-order valence-electron chi connectivity index (χ1n) is 18.5. The van der Waals surface area contributed by atoms with Gasteiger partial charge in [0.1, 0.15) is 23.0 Å². The molecule has 0 saturated carbocycles. The van der Waals surface area contributed by atoms with Gasteiger partial charge in [0, 0.05) is 44.3 Å². The number of hydrogen-bond acceptors (Lipinski definition) is 10. The minimum atomic E-state index is -0.231. The van der Waals surface area contributed by atoms with Gasteiger partial charge in [-0.3, -0.25) is 19.2 Å². The van der Waals surface area contributed by atoms with Crippen molar-refractivity contribution in [1.29, 1.82) is 0 Å². The van der Waals surface area contributed by atoms with Gasteiger partial charge in [0.05, 0.1) is 45.0 Å². The first-order chi connectivity index (χ1) is 29.2. The number of carbonyl (C=O) groups is 4. The van der Waals surface area contributed by atoms with E-state index in [1.165, 1.54) is 48.5 Å². The molecule has 0 amide bonds. The lowest BCUT2D eigenvalue weighted by Crippen LogP contribution is -1.91. The third-order valence-corrected chi connectivity index (χ3v) is 10.5. The predicted molar refractivity (Wildman–Crippen MR) is 229 cm³/mol. The molecule has 12 nitrogen and oxygen atoms in total. The van der Waals surface area contributed by atoms with Crippen LogP contribution in [0.15, 0.2) is 97.1 Å². The molecule has 0 saturated heterocycles. The zero-order chi connectivity index (χ0) is 41.7. The van der Waals surface area contributed by atoms with Crippen molar-refractivity contribution >= 4 is 71.5 Å². The zero-order valence-corrected chi connectivity index (χ0v) is 31.2. The first kappa shape index (κ1) is 37.0. The van der Waals surface area contributed by atoms with Crippen molar-refractivity contribution in [3.8, 4) is 67.5 Å². The maximum atomic E-state index is 11.7. The van der Waals surface area contributed by atoms with Crippen LogP contribution in [0.1, 0.15) is 64.2 Å². The number of hydrogen-bond donors (Lipinski definition) is 6. The summed E-state index contributed by atoms with van der Waals surface area (Å²) in [5, 5.41) is 43.4. The van der Waals surface area contributed by atoms with E-state index in [2.05, 4.69) is 9.97 Å². The second kappa shape index (κ2) is 14.7. The number of benzene rings is 4. The van der Waals surface area contributed by atoms with Crippen LogP contribution in [0.4, 0.5) is 0 Å². The number of phenolic OH excluding ortho intramolecular Hbond substituents is 4. The van der Waals surface area contributed by atoms with Gasteiger partial charge in [0.15, 0.2) is 25.1 Å². The van der Waals surface area contributed by atoms with Crippen LogP contribution in [0.2, 0.25) is 0 Å². The maximum Gasteiger partial charge on any atom is 0.153 e. The topological polar surface area (TPSA) is 207 Å². The standard InChI is InChI=1S/C48H30N4O8/c53-21-29-5-1-25(17-41(29)57)45-33-9-11-35(49-33)46(26-2-6-30(22-54)42(58)18-26)37-13-15-39(51-37)48(28-4-8-32(24-56)44(60)20-28)40-16-14-38(52-40)47(36-12-10-34(45)50-36)27-3-7-31(23-55)43(59)19-27/h1-24,49,52,57-60H. The summed E-state index contributed by atoms with van der Waals surface area (Å²) in [7, 11) is 0. The van der Waals surface area contributed by atoms with Crippen LogP contribution in [0.3, 0.4) is 0 Å². The maximum absolute atomic E-state index is 11.7. The molecule has 7 aromatic rings. The Balaban J connectivity index is 1.47. The number of nitrogens with zero attached hydrogens (tertiary/aromatic N) is 2. The summed E-state index contributed by atoms with van der Waals surface area (Å²) >= 11 is 0. The van der Waals surface area contributed by atoms with Crippen molar-refractivity contribution in [3.05, 3.63) is 142 Å². The Morgan fingerprint density at radius 1 is 0.350 bits per heavy atom. The molecule has 12 heteroatoms. The Bertz CT molecular complexity index is 2820. The molecular weight excluding hydrogens is 761 g/mol. The second-order valence-corrected chi connectivity index (χ2v) is 14.1. The highest BCUT2D eigenvalue weighted by molar-refractivity contribution is 6.01. The molecule has 0 spiro atoms. The van der Waals surface area contributed by atoms with Crippen LogP contribution in [-0.2, 0) is 0 Å². The van der Waals surface area contributed by atoms with E-state index in [9.17, 15) is 39.6 Å². The molecule has 0 fully saturated rings. The fourth-order valence-electron chi connectivity index (χ4n) is 7.62. The Morgan fingerprint density at radius 2 is 0.583 bits per heavy atom. The molecule has 290 valence electrons. The molecule has 5 heterocycles. The van der Waals surface area contributed by atoms with Crippen molar-refractivity contribution in [3.63, 3.8) is 0 Å². The number of nitrogens with one attached hydrogen (secondary N) is 2. The number of H-pyrrole nitrogens is 2. The normalized spacial score (nSPS) is 11.7. The van der Waals surface area contributed by atoms with Crippen molar-refractivity contribution in [2.45, 2.75) is 0 Å². The van der Waals surface area contributed by atoms with Gasteiger partial charge in [0.25, 0.3) is 0 Å². The summed E-state index contributed by atoms with van der Waals surface area (Å²) < 4.78 is 0. The van der Waals surface area contributed by atoms with Gasteiger partial charge in [-0.1, -0.05) is 24.3 Å². The number of carbonyl (C=O) groups excluding carboxylic acids is 4. The van der Waals surface area contributed by atoms with E-state index >= 15 is 0 Å². The summed E-state index contributed by atoms with van der Waals surface area (Å²) in [6.45, 7) is 0. The lowest BCUT2D eigenvalue weighted by atomic mass is 10.0. The summed E-state index contributed by atoms with van der Waals surface area (Å²) in [5.74, 6) is -0.925. The van der Waals surface area contributed by atoms with Crippen LogP contribution in [0.25, 0.3) is 90.9 Å². The summed E-state index contributed by atoms with van der Waals surface area (Å²) in [5.41, 5.74) is 8.90. The predicted octanol–water partition coefficient (Wildman–Crippen LogP) is 9.40. The molecule has 2 aliphatic rings. The van der Waals surface area contributed by atoms with Gasteiger partial charge in [-0.2, -0.15) is 0 Å². The monoisotopic (exact) mass is 790 g/mol. The molecule has 3 aromatic heterocycles. The van der Waals surface area contributed by atoms with Gasteiger partial charge in [0.2, 0.25) is 0 Å². The SMILES string of the molecule is O=Cc1ccc(-c2c3nc(c(-c4ccc(C=O)c(O)c4)c4ccc([nH]4)c(-c4ccc(C=O)c(O)c4)c4nc(c(-c5ccc(C=O)c(O)c5)c5ccc2[nH]5)C=C4)C=C3)cc1O. The molecule has 6 N–H and O–H groups in total. The Morgan fingerprint density at radius 3 is 0.783 bits per heavy atom. The number of phenols is 4. The summed E-state index contributed by atoms with van der Waals surface area (Å²) in [6, 6.07) is 26.1. The van der Waals surface area contributed by atoms with Crippen molar-refractivity contribution in [1.82, 2.24) is 19.9 Å². The van der Waals surface area contributed by atoms with E-state index in [1.54, 1.807) is 48.6 Å². The van der Waals surface area contributed by atoms with Gasteiger partial charge in [-0.05, 0) is 119 Å². The van der Waals surface area contributed by atoms with Crippen molar-refractivity contribution < 1.29 is 39.6 Å². The molecule has 0 unspecified atom stereocenters. The lowest BCUT2D eigenvalue weighted by molar-refractivity contribution is 0.111. The lowest BCUT2D eigenvalue weighted by Gasteiger charge is -2.09. The number of aromatic nitrogens is 4. The second-order valence-electron chi connectivity index (χ2n) is 14.1. The van der Waals surface area contributed by atoms with E-state index in [0.29, 0.717) is 114 Å². The minimum absolute atomic E-state index is 0.103. The highest BCUT2D eigenvalue weighted by Gasteiger charge is 2.21. The molecule has 2 aliphatic heterocycles. The van der Waals surface area contributed by atoms with Gasteiger partial charge >= 0.3 is 0 Å². The van der Waals surface area contributed by atoms with Crippen LogP contribution in [-0.4, -0.2) is 65.5 Å². The van der Waals surface area contributed by atoms with Crippen LogP contribution >= 0.6 is 0 Å². The smallest absolute Gasteiger partial charge is 0.153 e. The number of aromatic hydroxyl groups is 4. The Labute approximate surface area is 339 Å². The van der Waals surface area contributed by atoms with E-state index in [4.69, 9.17) is 9.97 Å². The van der Waals surface area contributed by atoms with E-state index in [-0.39, 0.29) is 45.3 Å². The summed E-state index contributed by atoms with van der Waals surface area (Å²) in [4.78, 5) is 64.0. The van der Waals surface area contributed by atoms with Gasteiger partial charge in [-0.25, -0.2) is 9.97 Å². The van der Waals surface area contributed by atoms with Gasteiger partial charge in [-0.15, -0.1) is 0 Å². The molecule has 0 radical (unpaired) electrons. The molecule has 0 atom stereocenters. The molecule has 60 heavy (non-hydrogen) atoms. The highest BCUT2D eigenvalue weighted by Crippen LogP contribution is 2.41. The molecule has 4 aromatic carbocycles. The average Bonchev–Trinajstić information content (AvgIpc) is 4.09. The zero-order valence-electron chi connectivity index (χ0n) is 31.2. The van der Waals surface area contributed by atoms with Crippen molar-refractivity contribution in [2.24, 2.45) is 0 Å². The van der Waals surface area contributed by atoms with Crippen LogP contribution in [0, 0.1) is 0 Å². The number of aldehydes is 4. The quantitative estimate of drug-likeness (QED) is 0.0804. The van der Waals surface area contributed by atoms with E-state index in [0.717, 1.165) is 0 Å². The third-order valence-electron chi connectivity index (χ3n) is 10.5. The third kappa shape index (κ3) is 6.30. The van der Waals surface area contributed by atoms with E-state index in [1.807, 2.05) is 24.3 Å². The van der Waals surface area contributed by atoms with Crippen molar-refractivity contribution in [2.75, 3.05) is 0 Å². The molecular formula is C48H30N4O8. The molecule has 8 bridgehead atoms. The highest BCUT2D eigenvalue weighted by atomic mass is 16.3.